The van der Waals surface area contributed by atoms with Crippen LogP contribution >= 0.6 is 11.8 Å². The molecule has 0 radical (unpaired) electrons. The normalized spacial score (nSPS) is 15.3. The molecule has 6 nitrogen and oxygen atoms in total. The Bertz CT molecular complexity index is 797. The number of carbonyl (C=O) groups is 2. The third kappa shape index (κ3) is 5.19. The molecule has 0 unspecified atom stereocenters. The molecule has 2 aromatic rings. The lowest BCUT2D eigenvalue weighted by atomic mass is 10.1. The maximum Gasteiger partial charge on any atom is 0.230 e. The largest absolute Gasteiger partial charge is 0.461 e. The standard InChI is InChI=1S/C20H25N3O3S/c1-13-18(14(2)24)20(23-19(21-13)16-10-7-11-26-16)27-12-17(25)22-15-8-5-3-4-6-9-15/h7,10-11,15H,3-6,8-9,12H2,1-2H3,(H,22,25). The van der Waals surface area contributed by atoms with Gasteiger partial charge in [-0.15, -0.1) is 0 Å². The topological polar surface area (TPSA) is 85.1 Å². The van der Waals surface area contributed by atoms with Crippen LogP contribution in [-0.2, 0) is 4.79 Å². The van der Waals surface area contributed by atoms with Crippen molar-refractivity contribution in [3.8, 4) is 11.6 Å². The maximum absolute atomic E-state index is 12.4. The number of Topliss-reactive ketones (excluding diaryl/α,β-unsaturated/α-hetero) is 1. The monoisotopic (exact) mass is 387 g/mol. The molecule has 2 aromatic heterocycles. The van der Waals surface area contributed by atoms with Crippen molar-refractivity contribution in [3.63, 3.8) is 0 Å². The van der Waals surface area contributed by atoms with Gasteiger partial charge in [0.05, 0.1) is 23.3 Å². The first kappa shape index (κ1) is 19.6. The summed E-state index contributed by atoms with van der Waals surface area (Å²) in [5, 5.41) is 3.65. The molecule has 1 amide bonds. The molecular formula is C20H25N3O3S. The minimum absolute atomic E-state index is 0.0165. The summed E-state index contributed by atoms with van der Waals surface area (Å²) in [4.78, 5) is 33.3. The number of nitrogens with one attached hydrogen (secondary N) is 1. The summed E-state index contributed by atoms with van der Waals surface area (Å²) in [5.41, 5.74) is 1.06. The van der Waals surface area contributed by atoms with Gasteiger partial charge in [-0.2, -0.15) is 0 Å². The lowest BCUT2D eigenvalue weighted by Gasteiger charge is -2.16. The molecule has 1 N–H and O–H groups in total. The second-order valence-corrected chi connectivity index (χ2v) is 7.85. The first-order valence-corrected chi connectivity index (χ1v) is 10.4. The predicted molar refractivity (Wildman–Crippen MR) is 105 cm³/mol. The Labute approximate surface area is 163 Å². The Kier molecular flexibility index (Phi) is 6.66. The van der Waals surface area contributed by atoms with Gasteiger partial charge in [-0.25, -0.2) is 9.97 Å². The van der Waals surface area contributed by atoms with Gasteiger partial charge in [0.2, 0.25) is 5.91 Å². The van der Waals surface area contributed by atoms with Gasteiger partial charge in [-0.1, -0.05) is 37.4 Å². The van der Waals surface area contributed by atoms with Gasteiger partial charge < -0.3 is 9.73 Å². The summed E-state index contributed by atoms with van der Waals surface area (Å²) in [6, 6.07) is 3.80. The average Bonchev–Trinajstić information content (AvgIpc) is 3.05. The summed E-state index contributed by atoms with van der Waals surface area (Å²) >= 11 is 1.28. The fourth-order valence-electron chi connectivity index (χ4n) is 3.40. The van der Waals surface area contributed by atoms with E-state index in [1.807, 2.05) is 0 Å². The zero-order valence-corrected chi connectivity index (χ0v) is 16.6. The van der Waals surface area contributed by atoms with Crippen LogP contribution in [0.15, 0.2) is 27.8 Å². The first-order valence-electron chi connectivity index (χ1n) is 9.40. The van der Waals surface area contributed by atoms with Gasteiger partial charge in [0, 0.05) is 6.04 Å². The SMILES string of the molecule is CC(=O)c1c(C)nc(-c2ccco2)nc1SCC(=O)NC1CCCCCC1. The molecule has 1 aliphatic rings. The van der Waals surface area contributed by atoms with Gasteiger partial charge in [0.15, 0.2) is 17.4 Å². The number of ketones is 1. The van der Waals surface area contributed by atoms with Crippen LogP contribution in [0.25, 0.3) is 11.6 Å². The number of hydrogen-bond acceptors (Lipinski definition) is 6. The van der Waals surface area contributed by atoms with Crippen LogP contribution in [-0.4, -0.2) is 33.5 Å². The summed E-state index contributed by atoms with van der Waals surface area (Å²) in [5.74, 6) is 1.07. The molecule has 0 saturated heterocycles. The quantitative estimate of drug-likeness (QED) is 0.346. The number of furan rings is 1. The highest BCUT2D eigenvalue weighted by atomic mass is 32.2. The van der Waals surface area contributed by atoms with E-state index in [0.29, 0.717) is 27.9 Å². The minimum Gasteiger partial charge on any atom is -0.461 e. The molecule has 1 saturated carbocycles. The predicted octanol–water partition coefficient (Wildman–Crippen LogP) is 4.18. The number of rotatable bonds is 6. The van der Waals surface area contributed by atoms with E-state index in [4.69, 9.17) is 4.42 Å². The molecule has 3 rings (SSSR count). The Morgan fingerprint density at radius 2 is 1.96 bits per heavy atom. The van der Waals surface area contributed by atoms with E-state index in [-0.39, 0.29) is 23.5 Å². The Balaban J connectivity index is 1.72. The van der Waals surface area contributed by atoms with Gasteiger partial charge >= 0.3 is 0 Å². The molecule has 0 bridgehead atoms. The summed E-state index contributed by atoms with van der Waals surface area (Å²) in [7, 11) is 0. The molecule has 0 atom stereocenters. The highest BCUT2D eigenvalue weighted by Gasteiger charge is 2.20. The van der Waals surface area contributed by atoms with E-state index >= 15 is 0 Å². The van der Waals surface area contributed by atoms with Crippen molar-refractivity contribution in [3.05, 3.63) is 29.7 Å². The van der Waals surface area contributed by atoms with Crippen LogP contribution in [0.5, 0.6) is 0 Å². The zero-order chi connectivity index (χ0) is 19.2. The number of nitrogens with zero attached hydrogens (tertiary/aromatic N) is 2. The number of aromatic nitrogens is 2. The number of hydrogen-bond donors (Lipinski definition) is 1. The Hall–Kier alpha value is -2.15. The van der Waals surface area contributed by atoms with Crippen molar-refractivity contribution < 1.29 is 14.0 Å². The summed E-state index contributed by atoms with van der Waals surface area (Å²) in [6.45, 7) is 3.27. The second-order valence-electron chi connectivity index (χ2n) is 6.89. The van der Waals surface area contributed by atoms with Crippen molar-refractivity contribution in [2.75, 3.05) is 5.75 Å². The summed E-state index contributed by atoms with van der Waals surface area (Å²) < 4.78 is 5.37. The zero-order valence-electron chi connectivity index (χ0n) is 15.8. The summed E-state index contributed by atoms with van der Waals surface area (Å²) in [6.07, 6.45) is 8.49. The molecule has 0 spiro atoms. The van der Waals surface area contributed by atoms with Gasteiger partial charge in [0.25, 0.3) is 0 Å². The van der Waals surface area contributed by atoms with Crippen LogP contribution in [0.2, 0.25) is 0 Å². The molecule has 0 aromatic carbocycles. The van der Waals surface area contributed by atoms with Gasteiger partial charge in [0.1, 0.15) is 5.03 Å². The van der Waals surface area contributed by atoms with Crippen molar-refractivity contribution >= 4 is 23.5 Å². The Morgan fingerprint density at radius 3 is 2.59 bits per heavy atom. The van der Waals surface area contributed by atoms with Crippen molar-refractivity contribution in [2.24, 2.45) is 0 Å². The first-order chi connectivity index (χ1) is 13.0. The van der Waals surface area contributed by atoms with E-state index in [1.54, 1.807) is 25.3 Å². The fourth-order valence-corrected chi connectivity index (χ4v) is 4.34. The third-order valence-electron chi connectivity index (χ3n) is 4.71. The molecule has 7 heteroatoms. The smallest absolute Gasteiger partial charge is 0.230 e. The van der Waals surface area contributed by atoms with Crippen molar-refractivity contribution in [2.45, 2.75) is 63.4 Å². The lowest BCUT2D eigenvalue weighted by Crippen LogP contribution is -2.35. The van der Waals surface area contributed by atoms with E-state index < -0.39 is 0 Å². The molecule has 1 aliphatic carbocycles. The second kappa shape index (κ2) is 9.17. The number of amides is 1. The van der Waals surface area contributed by atoms with Crippen molar-refractivity contribution in [1.82, 2.24) is 15.3 Å². The van der Waals surface area contributed by atoms with Crippen molar-refractivity contribution in [1.29, 1.82) is 0 Å². The van der Waals surface area contributed by atoms with Crippen LogP contribution in [0, 0.1) is 6.92 Å². The molecule has 1 fully saturated rings. The number of aryl methyl sites for hydroxylation is 1. The van der Waals surface area contributed by atoms with Crippen LogP contribution < -0.4 is 5.32 Å². The minimum atomic E-state index is -0.106. The molecule has 27 heavy (non-hydrogen) atoms. The van der Waals surface area contributed by atoms with Gasteiger partial charge in [-0.05, 0) is 38.8 Å². The van der Waals surface area contributed by atoms with Gasteiger partial charge in [-0.3, -0.25) is 9.59 Å². The highest BCUT2D eigenvalue weighted by molar-refractivity contribution is 8.00. The van der Waals surface area contributed by atoms with E-state index in [0.717, 1.165) is 12.8 Å². The Morgan fingerprint density at radius 1 is 1.22 bits per heavy atom. The van der Waals surface area contributed by atoms with Crippen LogP contribution in [0.1, 0.15) is 61.5 Å². The lowest BCUT2D eigenvalue weighted by molar-refractivity contribution is -0.119. The molecular weight excluding hydrogens is 362 g/mol. The highest BCUT2D eigenvalue weighted by Crippen LogP contribution is 2.27. The van der Waals surface area contributed by atoms with Crippen LogP contribution in [0.4, 0.5) is 0 Å². The molecule has 2 heterocycles. The van der Waals surface area contributed by atoms with E-state index in [2.05, 4.69) is 15.3 Å². The average molecular weight is 388 g/mol. The van der Waals surface area contributed by atoms with E-state index in [1.165, 1.54) is 44.4 Å². The maximum atomic E-state index is 12.4. The van der Waals surface area contributed by atoms with E-state index in [9.17, 15) is 9.59 Å². The third-order valence-corrected chi connectivity index (χ3v) is 5.69. The number of carbonyl (C=O) groups excluding carboxylic acids is 2. The molecule has 144 valence electrons. The number of thioether (sulfide) groups is 1. The fraction of sp³-hybridized carbons (Fsp3) is 0.500. The molecule has 0 aliphatic heterocycles. The van der Waals surface area contributed by atoms with Crippen LogP contribution in [0.3, 0.4) is 0 Å².